The van der Waals surface area contributed by atoms with Gasteiger partial charge in [0.2, 0.25) is 0 Å². The number of non-ortho nitro benzene ring substituents is 1. The molecule has 0 N–H and O–H groups in total. The molecule has 1 heterocycles. The molecule has 0 amide bonds. The van der Waals surface area contributed by atoms with Crippen molar-refractivity contribution in [2.45, 2.75) is 0 Å². The Hall–Kier alpha value is -1.76. The summed E-state index contributed by atoms with van der Waals surface area (Å²) < 4.78 is 2.18. The first-order valence-electron chi connectivity index (χ1n) is 4.38. The maximum atomic E-state index is 10.6. The molecule has 0 fully saturated rings. The molecule has 0 saturated heterocycles. The molecule has 16 heavy (non-hydrogen) atoms. The van der Waals surface area contributed by atoms with Gasteiger partial charge in [0.25, 0.3) is 5.69 Å². The summed E-state index contributed by atoms with van der Waals surface area (Å²) in [5, 5.41) is 14.7. The lowest BCUT2D eigenvalue weighted by Gasteiger charge is -1.99. The monoisotopic (exact) mass is 282 g/mol. The molecule has 0 bridgehead atoms. The van der Waals surface area contributed by atoms with E-state index < -0.39 is 4.92 Å². The summed E-state index contributed by atoms with van der Waals surface area (Å²) in [4.78, 5) is 14.2. The Bertz CT molecular complexity index is 552. The number of aromatic nitrogens is 3. The summed E-state index contributed by atoms with van der Waals surface area (Å²) in [5.74, 6) is 0.532. The van der Waals surface area contributed by atoms with Crippen LogP contribution in [0.25, 0.3) is 11.4 Å². The number of hydrogen-bond donors (Lipinski definition) is 0. The van der Waals surface area contributed by atoms with Crippen molar-refractivity contribution >= 4 is 21.6 Å². The summed E-state index contributed by atoms with van der Waals surface area (Å²) >= 11 is 3.27. The molecule has 0 aliphatic heterocycles. The van der Waals surface area contributed by atoms with Gasteiger partial charge in [0.05, 0.1) is 4.92 Å². The minimum Gasteiger partial charge on any atom is -0.258 e. The second-order valence-electron chi connectivity index (χ2n) is 3.16. The van der Waals surface area contributed by atoms with E-state index in [-0.39, 0.29) is 5.69 Å². The smallest absolute Gasteiger partial charge is 0.258 e. The molecule has 0 atom stereocenters. The minimum atomic E-state index is -0.444. The molecular weight excluding hydrogens is 276 g/mol. The first kappa shape index (κ1) is 10.7. The van der Waals surface area contributed by atoms with Crippen LogP contribution in [-0.4, -0.2) is 19.7 Å². The van der Waals surface area contributed by atoms with Gasteiger partial charge in [-0.3, -0.25) is 14.8 Å². The fourth-order valence-electron chi connectivity index (χ4n) is 1.26. The van der Waals surface area contributed by atoms with E-state index in [1.165, 1.54) is 12.1 Å². The molecule has 0 radical (unpaired) electrons. The lowest BCUT2D eigenvalue weighted by atomic mass is 10.2. The van der Waals surface area contributed by atoms with Crippen LogP contribution in [0, 0.1) is 10.1 Å². The number of nitrogens with zero attached hydrogens (tertiary/aromatic N) is 4. The Morgan fingerprint density at radius 3 is 2.75 bits per heavy atom. The van der Waals surface area contributed by atoms with Crippen molar-refractivity contribution in [2.75, 3.05) is 0 Å². The molecule has 0 saturated carbocycles. The summed E-state index contributed by atoms with van der Waals surface area (Å²) in [7, 11) is 1.76. The van der Waals surface area contributed by atoms with Gasteiger partial charge >= 0.3 is 0 Å². The van der Waals surface area contributed by atoms with Crippen LogP contribution in [0.15, 0.2) is 29.0 Å². The van der Waals surface area contributed by atoms with Gasteiger partial charge in [-0.1, -0.05) is 0 Å². The van der Waals surface area contributed by atoms with Gasteiger partial charge in [-0.2, -0.15) is 5.10 Å². The summed E-state index contributed by atoms with van der Waals surface area (Å²) in [6.45, 7) is 0. The fraction of sp³-hybridized carbons (Fsp3) is 0.111. The van der Waals surface area contributed by atoms with E-state index in [0.717, 1.165) is 5.56 Å². The van der Waals surface area contributed by atoms with Crippen molar-refractivity contribution in [2.24, 2.45) is 7.05 Å². The molecule has 7 heteroatoms. The van der Waals surface area contributed by atoms with Crippen molar-refractivity contribution in [3.8, 4) is 11.4 Å². The highest BCUT2D eigenvalue weighted by atomic mass is 79.9. The number of nitro benzene ring substituents is 1. The molecule has 0 unspecified atom stereocenters. The van der Waals surface area contributed by atoms with Crippen molar-refractivity contribution < 1.29 is 4.92 Å². The Balaban J connectivity index is 2.47. The SMILES string of the molecule is Cn1cnc(-c2ccc([N+](=O)[O-])cc2Br)n1. The Labute approximate surface area is 99.2 Å². The van der Waals surface area contributed by atoms with E-state index in [0.29, 0.717) is 10.3 Å². The molecule has 2 rings (SSSR count). The molecule has 82 valence electrons. The molecule has 0 aliphatic carbocycles. The number of hydrogen-bond acceptors (Lipinski definition) is 4. The van der Waals surface area contributed by atoms with Gasteiger partial charge in [0, 0.05) is 29.2 Å². The predicted octanol–water partition coefficient (Wildman–Crippen LogP) is 2.15. The van der Waals surface area contributed by atoms with Gasteiger partial charge in [0.15, 0.2) is 5.82 Å². The third-order valence-electron chi connectivity index (χ3n) is 2.00. The second-order valence-corrected chi connectivity index (χ2v) is 4.02. The number of rotatable bonds is 2. The average molecular weight is 283 g/mol. The van der Waals surface area contributed by atoms with Gasteiger partial charge < -0.3 is 0 Å². The zero-order valence-electron chi connectivity index (χ0n) is 8.29. The van der Waals surface area contributed by atoms with E-state index in [1.807, 2.05) is 0 Å². The number of halogens is 1. The largest absolute Gasteiger partial charge is 0.270 e. The Kier molecular flexibility index (Phi) is 2.69. The molecular formula is C9H7BrN4O2. The first-order chi connectivity index (χ1) is 7.58. The molecule has 0 spiro atoms. The molecule has 1 aromatic carbocycles. The number of aryl methyl sites for hydroxylation is 1. The average Bonchev–Trinajstić information content (AvgIpc) is 2.64. The maximum Gasteiger partial charge on any atom is 0.270 e. The predicted molar refractivity (Wildman–Crippen MR) is 60.8 cm³/mol. The third kappa shape index (κ3) is 1.94. The van der Waals surface area contributed by atoms with E-state index in [4.69, 9.17) is 0 Å². The van der Waals surface area contributed by atoms with Gasteiger partial charge in [0.1, 0.15) is 6.33 Å². The normalized spacial score (nSPS) is 10.4. The molecule has 6 nitrogen and oxygen atoms in total. The van der Waals surface area contributed by atoms with Crippen molar-refractivity contribution in [1.29, 1.82) is 0 Å². The summed E-state index contributed by atoms with van der Waals surface area (Å²) in [6, 6.07) is 4.49. The van der Waals surface area contributed by atoms with E-state index >= 15 is 0 Å². The van der Waals surface area contributed by atoms with Crippen LogP contribution in [0.3, 0.4) is 0 Å². The van der Waals surface area contributed by atoms with Gasteiger partial charge in [-0.25, -0.2) is 4.98 Å². The topological polar surface area (TPSA) is 73.8 Å². The van der Waals surface area contributed by atoms with Crippen molar-refractivity contribution in [3.63, 3.8) is 0 Å². The van der Waals surface area contributed by atoms with Gasteiger partial charge in [-0.05, 0) is 22.0 Å². The van der Waals surface area contributed by atoms with Crippen LogP contribution in [0.4, 0.5) is 5.69 Å². The van der Waals surface area contributed by atoms with E-state index in [2.05, 4.69) is 26.0 Å². The zero-order chi connectivity index (χ0) is 11.7. The van der Waals surface area contributed by atoms with Crippen molar-refractivity contribution in [3.05, 3.63) is 39.1 Å². The van der Waals surface area contributed by atoms with Crippen LogP contribution in [0.5, 0.6) is 0 Å². The zero-order valence-corrected chi connectivity index (χ0v) is 9.88. The lowest BCUT2D eigenvalue weighted by Crippen LogP contribution is -1.91. The Morgan fingerprint density at radius 1 is 1.50 bits per heavy atom. The number of nitro groups is 1. The summed E-state index contributed by atoms with van der Waals surface area (Å²) in [6.07, 6.45) is 1.57. The highest BCUT2D eigenvalue weighted by Crippen LogP contribution is 2.28. The molecule has 2 aromatic rings. The highest BCUT2D eigenvalue weighted by Gasteiger charge is 2.12. The second kappa shape index (κ2) is 4.01. The molecule has 0 aliphatic rings. The van der Waals surface area contributed by atoms with Crippen LogP contribution >= 0.6 is 15.9 Å². The lowest BCUT2D eigenvalue weighted by molar-refractivity contribution is -0.384. The molecule has 1 aromatic heterocycles. The van der Waals surface area contributed by atoms with Crippen molar-refractivity contribution in [1.82, 2.24) is 14.8 Å². The standard InChI is InChI=1S/C9H7BrN4O2/c1-13-5-11-9(12-13)7-3-2-6(14(15)16)4-8(7)10/h2-5H,1H3. The van der Waals surface area contributed by atoms with E-state index in [9.17, 15) is 10.1 Å². The van der Waals surface area contributed by atoms with Crippen LogP contribution in [0.1, 0.15) is 0 Å². The van der Waals surface area contributed by atoms with Crippen LogP contribution in [0.2, 0.25) is 0 Å². The quantitative estimate of drug-likeness (QED) is 0.625. The first-order valence-corrected chi connectivity index (χ1v) is 5.17. The fourth-order valence-corrected chi connectivity index (χ4v) is 1.81. The van der Waals surface area contributed by atoms with E-state index in [1.54, 1.807) is 24.1 Å². The Morgan fingerprint density at radius 2 is 2.25 bits per heavy atom. The van der Waals surface area contributed by atoms with Gasteiger partial charge in [-0.15, -0.1) is 0 Å². The minimum absolute atomic E-state index is 0.0338. The summed E-state index contributed by atoms with van der Waals surface area (Å²) in [5.41, 5.74) is 0.762. The van der Waals surface area contributed by atoms with Crippen LogP contribution < -0.4 is 0 Å². The highest BCUT2D eigenvalue weighted by molar-refractivity contribution is 9.10. The third-order valence-corrected chi connectivity index (χ3v) is 2.66. The number of benzene rings is 1. The maximum absolute atomic E-state index is 10.6. The van der Waals surface area contributed by atoms with Crippen LogP contribution in [-0.2, 0) is 7.05 Å².